The number of anilines is 1. The van der Waals surface area contributed by atoms with Crippen molar-refractivity contribution < 1.29 is 18.7 Å². The standard InChI is InChI=1S/C25H28F2N2O2/c1-24(2)20-10-11-25(24,3)13-19(20)23(31)29(22-9-8-18(26)12-21(22)27)28-14-16-4-6-17(15-30)7-5-16/h4-9,12-13,20,28,30H,10-11,14-15H2,1-3H3/t20-,25+/m0/s1. The molecule has 4 rings (SSSR count). The highest BCUT2D eigenvalue weighted by Gasteiger charge is 2.57. The molecule has 0 saturated heterocycles. The van der Waals surface area contributed by atoms with Crippen molar-refractivity contribution in [2.75, 3.05) is 5.01 Å². The van der Waals surface area contributed by atoms with Gasteiger partial charge >= 0.3 is 0 Å². The fourth-order valence-corrected chi connectivity index (χ4v) is 4.97. The number of hydrogen-bond acceptors (Lipinski definition) is 3. The summed E-state index contributed by atoms with van der Waals surface area (Å²) in [7, 11) is 0. The lowest BCUT2D eigenvalue weighted by Gasteiger charge is -2.34. The number of allylic oxidation sites excluding steroid dienone is 1. The number of amides is 1. The first-order valence-corrected chi connectivity index (χ1v) is 10.6. The summed E-state index contributed by atoms with van der Waals surface area (Å²) in [5, 5.41) is 10.4. The molecule has 2 aromatic carbocycles. The van der Waals surface area contributed by atoms with Crippen LogP contribution in [-0.2, 0) is 17.9 Å². The molecule has 2 bridgehead atoms. The molecule has 2 aliphatic rings. The van der Waals surface area contributed by atoms with Gasteiger partial charge in [-0.15, -0.1) is 0 Å². The van der Waals surface area contributed by atoms with Crippen LogP contribution in [-0.4, -0.2) is 11.0 Å². The quantitative estimate of drug-likeness (QED) is 0.648. The maximum Gasteiger partial charge on any atom is 0.268 e. The summed E-state index contributed by atoms with van der Waals surface area (Å²) in [5.41, 5.74) is 5.25. The monoisotopic (exact) mass is 426 g/mol. The molecule has 2 aromatic rings. The molecule has 0 aromatic heterocycles. The molecule has 0 unspecified atom stereocenters. The van der Waals surface area contributed by atoms with E-state index in [2.05, 4.69) is 32.3 Å². The van der Waals surface area contributed by atoms with Crippen LogP contribution < -0.4 is 10.4 Å². The van der Waals surface area contributed by atoms with Crippen LogP contribution >= 0.6 is 0 Å². The smallest absolute Gasteiger partial charge is 0.268 e. The van der Waals surface area contributed by atoms with Crippen molar-refractivity contribution in [1.29, 1.82) is 0 Å². The summed E-state index contributed by atoms with van der Waals surface area (Å²) in [6.45, 7) is 6.75. The zero-order chi connectivity index (χ0) is 22.4. The molecule has 1 amide bonds. The second kappa shape index (κ2) is 7.84. The van der Waals surface area contributed by atoms with Gasteiger partial charge in [0.2, 0.25) is 0 Å². The van der Waals surface area contributed by atoms with Crippen LogP contribution in [0.4, 0.5) is 14.5 Å². The number of fused-ring (bicyclic) bond motifs is 2. The van der Waals surface area contributed by atoms with Crippen LogP contribution in [0.2, 0.25) is 0 Å². The number of carbonyl (C=O) groups excluding carboxylic acids is 1. The summed E-state index contributed by atoms with van der Waals surface area (Å²) in [6.07, 6.45) is 4.00. The first kappa shape index (κ1) is 21.7. The van der Waals surface area contributed by atoms with Gasteiger partial charge in [0.15, 0.2) is 5.82 Å². The average molecular weight is 427 g/mol. The molecule has 0 aliphatic heterocycles. The number of hydrazine groups is 1. The highest BCUT2D eigenvalue weighted by Crippen LogP contribution is 2.64. The Labute approximate surface area is 181 Å². The van der Waals surface area contributed by atoms with E-state index in [0.29, 0.717) is 5.57 Å². The van der Waals surface area contributed by atoms with Gasteiger partial charge in [-0.05, 0) is 52.8 Å². The number of benzene rings is 2. The van der Waals surface area contributed by atoms with Gasteiger partial charge in [-0.2, -0.15) is 0 Å². The second-order valence-electron chi connectivity index (χ2n) is 9.38. The Kier molecular flexibility index (Phi) is 5.48. The van der Waals surface area contributed by atoms with Crippen LogP contribution in [0.3, 0.4) is 0 Å². The molecule has 2 atom stereocenters. The predicted molar refractivity (Wildman–Crippen MR) is 116 cm³/mol. The summed E-state index contributed by atoms with van der Waals surface area (Å²) < 4.78 is 28.2. The molecule has 4 nitrogen and oxygen atoms in total. The minimum Gasteiger partial charge on any atom is -0.392 e. The molecule has 1 saturated carbocycles. The van der Waals surface area contributed by atoms with Crippen molar-refractivity contribution in [2.24, 2.45) is 16.7 Å². The lowest BCUT2D eigenvalue weighted by molar-refractivity contribution is -0.116. The maximum atomic E-state index is 14.7. The van der Waals surface area contributed by atoms with E-state index in [1.165, 1.54) is 11.1 Å². The number of nitrogens with one attached hydrogen (secondary N) is 1. The van der Waals surface area contributed by atoms with Crippen LogP contribution in [0.5, 0.6) is 0 Å². The van der Waals surface area contributed by atoms with Gasteiger partial charge in [-0.1, -0.05) is 51.1 Å². The van der Waals surface area contributed by atoms with Crippen LogP contribution in [0, 0.1) is 28.4 Å². The number of nitrogens with zero attached hydrogens (tertiary/aromatic N) is 1. The first-order valence-electron chi connectivity index (χ1n) is 10.6. The van der Waals surface area contributed by atoms with Gasteiger partial charge in [-0.25, -0.2) is 19.2 Å². The highest BCUT2D eigenvalue weighted by molar-refractivity contribution is 6.06. The molecule has 6 heteroatoms. The minimum absolute atomic E-state index is 0.00925. The van der Waals surface area contributed by atoms with Crippen molar-refractivity contribution in [3.05, 3.63) is 76.9 Å². The van der Waals surface area contributed by atoms with Gasteiger partial charge < -0.3 is 5.11 Å². The van der Waals surface area contributed by atoms with Gasteiger partial charge in [0.25, 0.3) is 5.91 Å². The third-order valence-corrected chi connectivity index (χ3v) is 7.39. The SMILES string of the molecule is CC1(C)[C@H]2CC[C@]1(C)C=C2C(=O)N(NCc1ccc(CO)cc1)c1ccc(F)cc1F. The van der Waals surface area contributed by atoms with Crippen LogP contribution in [0.25, 0.3) is 0 Å². The Morgan fingerprint density at radius 2 is 1.81 bits per heavy atom. The van der Waals surface area contributed by atoms with E-state index in [-0.39, 0.29) is 41.5 Å². The summed E-state index contributed by atoms with van der Waals surface area (Å²) in [6, 6.07) is 10.5. The number of carbonyl (C=O) groups is 1. The van der Waals surface area contributed by atoms with Crippen molar-refractivity contribution in [3.63, 3.8) is 0 Å². The number of aliphatic hydroxyl groups is 1. The largest absolute Gasteiger partial charge is 0.392 e. The summed E-state index contributed by atoms with van der Waals surface area (Å²) >= 11 is 0. The maximum absolute atomic E-state index is 14.7. The molecule has 0 radical (unpaired) electrons. The Hall–Kier alpha value is -2.57. The van der Waals surface area contributed by atoms with Gasteiger partial charge in [-0.3, -0.25) is 4.79 Å². The average Bonchev–Trinajstić information content (AvgIpc) is 3.09. The summed E-state index contributed by atoms with van der Waals surface area (Å²) in [4.78, 5) is 13.6. The molecule has 0 heterocycles. The highest BCUT2D eigenvalue weighted by atomic mass is 19.1. The summed E-state index contributed by atoms with van der Waals surface area (Å²) in [5.74, 6) is -1.70. The molecule has 1 fully saturated rings. The predicted octanol–water partition coefficient (Wildman–Crippen LogP) is 4.88. The lowest BCUT2D eigenvalue weighted by Crippen LogP contribution is -2.45. The second-order valence-corrected chi connectivity index (χ2v) is 9.38. The zero-order valence-corrected chi connectivity index (χ0v) is 18.1. The van der Waals surface area contributed by atoms with E-state index < -0.39 is 11.6 Å². The van der Waals surface area contributed by atoms with E-state index in [4.69, 9.17) is 0 Å². The van der Waals surface area contributed by atoms with E-state index in [0.717, 1.165) is 36.1 Å². The Morgan fingerprint density at radius 1 is 1.13 bits per heavy atom. The van der Waals surface area contributed by atoms with E-state index in [9.17, 15) is 18.7 Å². The van der Waals surface area contributed by atoms with Crippen molar-refractivity contribution in [3.8, 4) is 0 Å². The Balaban J connectivity index is 1.65. The first-order chi connectivity index (χ1) is 14.7. The number of rotatable bonds is 6. The minimum atomic E-state index is -0.800. The molecular weight excluding hydrogens is 398 g/mol. The van der Waals surface area contributed by atoms with Gasteiger partial charge in [0.1, 0.15) is 5.82 Å². The number of aliphatic hydroxyl groups excluding tert-OH is 1. The molecule has 2 aliphatic carbocycles. The molecule has 164 valence electrons. The zero-order valence-electron chi connectivity index (χ0n) is 18.1. The van der Waals surface area contributed by atoms with Crippen molar-refractivity contribution >= 4 is 11.6 Å². The van der Waals surface area contributed by atoms with Crippen LogP contribution in [0.15, 0.2) is 54.1 Å². The topological polar surface area (TPSA) is 52.6 Å². The third kappa shape index (κ3) is 3.68. The van der Waals surface area contributed by atoms with Crippen molar-refractivity contribution in [2.45, 2.75) is 46.8 Å². The number of hydrogen-bond donors (Lipinski definition) is 2. The molecule has 31 heavy (non-hydrogen) atoms. The van der Waals surface area contributed by atoms with E-state index in [1.807, 2.05) is 12.1 Å². The normalized spacial score (nSPS) is 23.7. The molecule has 2 N–H and O–H groups in total. The Bertz CT molecular complexity index is 1030. The van der Waals surface area contributed by atoms with Crippen LogP contribution in [0.1, 0.15) is 44.7 Å². The van der Waals surface area contributed by atoms with Crippen molar-refractivity contribution in [1.82, 2.24) is 5.43 Å². The van der Waals surface area contributed by atoms with E-state index in [1.54, 1.807) is 12.1 Å². The van der Waals surface area contributed by atoms with Gasteiger partial charge in [0, 0.05) is 18.2 Å². The van der Waals surface area contributed by atoms with E-state index >= 15 is 0 Å². The molecule has 0 spiro atoms. The lowest BCUT2D eigenvalue weighted by atomic mass is 9.70. The Morgan fingerprint density at radius 3 is 2.35 bits per heavy atom. The number of halogens is 2. The molecular formula is C25H28F2N2O2. The van der Waals surface area contributed by atoms with Gasteiger partial charge in [0.05, 0.1) is 12.3 Å². The fourth-order valence-electron chi connectivity index (χ4n) is 4.97. The fraction of sp³-hybridized carbons (Fsp3) is 0.400. The third-order valence-electron chi connectivity index (χ3n) is 7.39.